The van der Waals surface area contributed by atoms with Crippen LogP contribution < -0.4 is 0 Å². The lowest BCUT2D eigenvalue weighted by atomic mass is 9.83. The van der Waals surface area contributed by atoms with Crippen molar-refractivity contribution in [1.29, 1.82) is 0 Å². The first kappa shape index (κ1) is 9.07. The van der Waals surface area contributed by atoms with Gasteiger partial charge in [0.25, 0.3) is 0 Å². The zero-order valence-electron chi connectivity index (χ0n) is 7.98. The van der Waals surface area contributed by atoms with Gasteiger partial charge in [0.05, 0.1) is 12.4 Å². The topological polar surface area (TPSA) is 29.5 Å². The second-order valence-electron chi connectivity index (χ2n) is 4.20. The molecule has 1 aliphatic carbocycles. The van der Waals surface area contributed by atoms with Gasteiger partial charge in [-0.1, -0.05) is 19.3 Å². The first-order valence-electron chi connectivity index (χ1n) is 5.36. The molecule has 0 unspecified atom stereocenters. The van der Waals surface area contributed by atoms with Gasteiger partial charge in [0.15, 0.2) is 0 Å². The van der Waals surface area contributed by atoms with E-state index in [9.17, 15) is 5.11 Å². The molecule has 1 aliphatic heterocycles. The summed E-state index contributed by atoms with van der Waals surface area (Å²) in [5.74, 6) is 0.688. The number of aliphatic hydroxyl groups is 1. The molecule has 0 aromatic carbocycles. The lowest BCUT2D eigenvalue weighted by Crippen LogP contribution is -2.30. The van der Waals surface area contributed by atoms with E-state index in [2.05, 4.69) is 0 Å². The van der Waals surface area contributed by atoms with E-state index in [0.29, 0.717) is 5.92 Å². The maximum Gasteiger partial charge on any atom is 0.103 e. The Balaban J connectivity index is 1.88. The van der Waals surface area contributed by atoms with Crippen LogP contribution in [0.15, 0.2) is 12.3 Å². The highest BCUT2D eigenvalue weighted by Crippen LogP contribution is 2.31. The molecule has 0 amide bonds. The maximum atomic E-state index is 9.44. The lowest BCUT2D eigenvalue weighted by Gasteiger charge is -2.32. The normalized spacial score (nSPS) is 35.8. The molecule has 13 heavy (non-hydrogen) atoms. The van der Waals surface area contributed by atoms with Crippen LogP contribution in [0.5, 0.6) is 0 Å². The van der Waals surface area contributed by atoms with Crippen LogP contribution in [0.4, 0.5) is 0 Å². The molecule has 0 spiro atoms. The summed E-state index contributed by atoms with van der Waals surface area (Å²) in [5, 5.41) is 9.44. The molecule has 2 rings (SSSR count). The summed E-state index contributed by atoms with van der Waals surface area (Å²) in [6.07, 6.45) is 10.8. The molecule has 2 heteroatoms. The Morgan fingerprint density at radius 3 is 2.62 bits per heavy atom. The van der Waals surface area contributed by atoms with Crippen molar-refractivity contribution in [3.05, 3.63) is 12.3 Å². The molecular weight excluding hydrogens is 164 g/mol. The summed E-state index contributed by atoms with van der Waals surface area (Å²) in [6.45, 7) is 0. The van der Waals surface area contributed by atoms with Gasteiger partial charge in [-0.05, 0) is 24.8 Å². The minimum atomic E-state index is -0.277. The smallest absolute Gasteiger partial charge is 0.103 e. The number of ether oxygens (including phenoxy) is 1. The Morgan fingerprint density at radius 2 is 1.92 bits per heavy atom. The second kappa shape index (κ2) is 4.14. The Kier molecular flexibility index (Phi) is 2.89. The highest BCUT2D eigenvalue weighted by molar-refractivity contribution is 4.92. The van der Waals surface area contributed by atoms with Gasteiger partial charge < -0.3 is 9.84 Å². The molecule has 1 heterocycles. The fourth-order valence-electron chi connectivity index (χ4n) is 2.42. The van der Waals surface area contributed by atoms with Crippen molar-refractivity contribution in [2.45, 2.75) is 50.7 Å². The molecule has 74 valence electrons. The van der Waals surface area contributed by atoms with Crippen molar-refractivity contribution in [2.75, 3.05) is 0 Å². The summed E-state index contributed by atoms with van der Waals surface area (Å²) in [6, 6.07) is 0. The van der Waals surface area contributed by atoms with Crippen molar-refractivity contribution in [2.24, 2.45) is 5.92 Å². The van der Waals surface area contributed by atoms with E-state index in [0.717, 1.165) is 6.42 Å². The molecule has 0 saturated heterocycles. The Morgan fingerprint density at radius 1 is 1.15 bits per heavy atom. The highest BCUT2D eigenvalue weighted by Gasteiger charge is 2.27. The van der Waals surface area contributed by atoms with E-state index in [4.69, 9.17) is 4.74 Å². The van der Waals surface area contributed by atoms with E-state index < -0.39 is 0 Å². The largest absolute Gasteiger partial charge is 0.498 e. The van der Waals surface area contributed by atoms with Gasteiger partial charge in [0.1, 0.15) is 6.10 Å². The van der Waals surface area contributed by atoms with E-state index in [1.807, 2.05) is 0 Å². The van der Waals surface area contributed by atoms with Crippen molar-refractivity contribution in [3.63, 3.8) is 0 Å². The second-order valence-corrected chi connectivity index (χ2v) is 4.20. The molecule has 0 aromatic rings. The summed E-state index contributed by atoms with van der Waals surface area (Å²) >= 11 is 0. The SMILES string of the molecule is O[C@@H]1C=CO[C@H](C2CCCCC2)C1. The van der Waals surface area contributed by atoms with Crippen LogP contribution in [0.2, 0.25) is 0 Å². The third-order valence-electron chi connectivity index (χ3n) is 3.20. The minimum Gasteiger partial charge on any atom is -0.498 e. The van der Waals surface area contributed by atoms with Gasteiger partial charge >= 0.3 is 0 Å². The Hall–Kier alpha value is -0.500. The molecule has 2 nitrogen and oxygen atoms in total. The molecule has 0 aromatic heterocycles. The van der Waals surface area contributed by atoms with E-state index in [1.54, 1.807) is 12.3 Å². The Labute approximate surface area is 79.6 Å². The fraction of sp³-hybridized carbons (Fsp3) is 0.818. The average Bonchev–Trinajstić information content (AvgIpc) is 2.19. The quantitative estimate of drug-likeness (QED) is 0.674. The van der Waals surface area contributed by atoms with Gasteiger partial charge in [-0.3, -0.25) is 0 Å². The lowest BCUT2D eigenvalue weighted by molar-refractivity contribution is 0.0139. The highest BCUT2D eigenvalue weighted by atomic mass is 16.5. The van der Waals surface area contributed by atoms with Crippen LogP contribution in [0.1, 0.15) is 38.5 Å². The van der Waals surface area contributed by atoms with Crippen LogP contribution in [0.3, 0.4) is 0 Å². The number of aliphatic hydroxyl groups excluding tert-OH is 1. The van der Waals surface area contributed by atoms with Crippen LogP contribution >= 0.6 is 0 Å². The first-order chi connectivity index (χ1) is 6.36. The van der Waals surface area contributed by atoms with E-state index in [1.165, 1.54) is 32.1 Å². The number of hydrogen-bond donors (Lipinski definition) is 1. The van der Waals surface area contributed by atoms with Gasteiger partial charge in [-0.2, -0.15) is 0 Å². The molecule has 1 N–H and O–H groups in total. The molecule has 2 aliphatic rings. The van der Waals surface area contributed by atoms with Crippen molar-refractivity contribution in [3.8, 4) is 0 Å². The summed E-state index contributed by atoms with van der Waals surface area (Å²) < 4.78 is 5.55. The summed E-state index contributed by atoms with van der Waals surface area (Å²) in [4.78, 5) is 0. The Bertz CT molecular complexity index is 183. The maximum absolute atomic E-state index is 9.44. The molecule has 2 atom stereocenters. The van der Waals surface area contributed by atoms with E-state index >= 15 is 0 Å². The molecular formula is C11H18O2. The van der Waals surface area contributed by atoms with Gasteiger partial charge in [-0.15, -0.1) is 0 Å². The standard InChI is InChI=1S/C11H18O2/c12-10-6-7-13-11(8-10)9-4-2-1-3-5-9/h6-7,9-12H,1-5,8H2/t10-,11+/m1/s1. The predicted molar refractivity (Wildman–Crippen MR) is 51.2 cm³/mol. The van der Waals surface area contributed by atoms with Gasteiger partial charge in [-0.25, -0.2) is 0 Å². The van der Waals surface area contributed by atoms with Crippen LogP contribution in [0.25, 0.3) is 0 Å². The van der Waals surface area contributed by atoms with Crippen LogP contribution in [-0.2, 0) is 4.74 Å². The molecule has 1 saturated carbocycles. The van der Waals surface area contributed by atoms with Crippen molar-refractivity contribution >= 4 is 0 Å². The fourth-order valence-corrected chi connectivity index (χ4v) is 2.42. The molecule has 0 bridgehead atoms. The molecule has 0 radical (unpaired) electrons. The van der Waals surface area contributed by atoms with Crippen LogP contribution in [-0.4, -0.2) is 17.3 Å². The van der Waals surface area contributed by atoms with Crippen molar-refractivity contribution < 1.29 is 9.84 Å². The summed E-state index contributed by atoms with van der Waals surface area (Å²) in [5.41, 5.74) is 0. The average molecular weight is 182 g/mol. The molecule has 1 fully saturated rings. The minimum absolute atomic E-state index is 0.277. The summed E-state index contributed by atoms with van der Waals surface area (Å²) in [7, 11) is 0. The first-order valence-corrected chi connectivity index (χ1v) is 5.36. The zero-order chi connectivity index (χ0) is 9.10. The van der Waals surface area contributed by atoms with Crippen LogP contribution in [0, 0.1) is 5.92 Å². The third kappa shape index (κ3) is 2.25. The third-order valence-corrected chi connectivity index (χ3v) is 3.20. The van der Waals surface area contributed by atoms with Gasteiger partial charge in [0.2, 0.25) is 0 Å². The zero-order valence-corrected chi connectivity index (χ0v) is 7.98. The van der Waals surface area contributed by atoms with Gasteiger partial charge in [0, 0.05) is 6.42 Å². The number of hydrogen-bond acceptors (Lipinski definition) is 2. The van der Waals surface area contributed by atoms with Crippen molar-refractivity contribution in [1.82, 2.24) is 0 Å². The predicted octanol–water partition coefficient (Wildman–Crippen LogP) is 2.23. The number of rotatable bonds is 1. The monoisotopic (exact) mass is 182 g/mol. The van der Waals surface area contributed by atoms with E-state index in [-0.39, 0.29) is 12.2 Å².